The lowest BCUT2D eigenvalue weighted by atomic mass is 10.0. The molecular weight excluding hydrogens is 853 g/mol. The highest BCUT2D eigenvalue weighted by atomic mass is 32.2. The number of nitrogens with one attached hydrogen (secondary N) is 4. The quantitative estimate of drug-likeness (QED) is 0.0629. The lowest BCUT2D eigenvalue weighted by Crippen LogP contribution is -2.25. The van der Waals surface area contributed by atoms with Crippen LogP contribution < -0.4 is 29.9 Å². The van der Waals surface area contributed by atoms with Gasteiger partial charge in [0, 0.05) is 61.3 Å². The Morgan fingerprint density at radius 3 is 1.34 bits per heavy atom. The molecule has 4 aromatic carbocycles. The molecule has 332 valence electrons. The zero-order valence-corrected chi connectivity index (χ0v) is 36.7. The SMILES string of the molecule is O=S(=O)(NCC1CC1)c1ccc(Nc2nccc(N3CCCc4cc(O)ccc43)n2)cc1.O=S(=O)(NCC1CC1)c1ccc(Nc2nccc(N3CCCc4cc(O)ccc43)n2)cc1. The van der Waals surface area contributed by atoms with Crippen molar-refractivity contribution in [3.8, 4) is 11.5 Å². The molecule has 0 amide bonds. The van der Waals surface area contributed by atoms with Gasteiger partial charge < -0.3 is 30.6 Å². The van der Waals surface area contributed by atoms with E-state index in [1.807, 2.05) is 24.3 Å². The van der Waals surface area contributed by atoms with E-state index in [4.69, 9.17) is 0 Å². The lowest BCUT2D eigenvalue weighted by molar-refractivity contribution is 0.473. The fourth-order valence-corrected chi connectivity index (χ4v) is 9.95. The van der Waals surface area contributed by atoms with Gasteiger partial charge in [0.25, 0.3) is 0 Å². The number of phenols is 2. The zero-order chi connectivity index (χ0) is 44.3. The fourth-order valence-electron chi connectivity index (χ4n) is 7.72. The topological polar surface area (TPSA) is 215 Å². The van der Waals surface area contributed by atoms with Gasteiger partial charge in [-0.05, 0) is 171 Å². The Labute approximate surface area is 373 Å². The first kappa shape index (κ1) is 42.9. The third-order valence-corrected chi connectivity index (χ3v) is 14.4. The molecule has 0 spiro atoms. The Bertz CT molecular complexity index is 2650. The molecule has 6 N–H and O–H groups in total. The van der Waals surface area contributed by atoms with E-state index >= 15 is 0 Å². The number of rotatable bonds is 14. The minimum Gasteiger partial charge on any atom is -0.508 e. The largest absolute Gasteiger partial charge is 0.508 e. The molecule has 0 unspecified atom stereocenters. The molecule has 4 heterocycles. The number of hydrogen-bond acceptors (Lipinski definition) is 14. The zero-order valence-electron chi connectivity index (χ0n) is 35.1. The van der Waals surface area contributed by atoms with Crippen LogP contribution in [0, 0.1) is 11.8 Å². The molecule has 16 nitrogen and oxygen atoms in total. The summed E-state index contributed by atoms with van der Waals surface area (Å²) < 4.78 is 54.9. The van der Waals surface area contributed by atoms with E-state index in [1.165, 1.54) is 0 Å². The predicted molar refractivity (Wildman–Crippen MR) is 246 cm³/mol. The number of sulfonamides is 2. The van der Waals surface area contributed by atoms with Crippen LogP contribution in [-0.4, -0.2) is 73.2 Å². The molecule has 2 fully saturated rings. The Morgan fingerprint density at radius 2 is 0.953 bits per heavy atom. The molecule has 2 aliphatic carbocycles. The van der Waals surface area contributed by atoms with E-state index in [1.54, 1.807) is 85.2 Å². The minimum atomic E-state index is -3.49. The summed E-state index contributed by atoms with van der Waals surface area (Å²) in [6.45, 7) is 2.66. The fraction of sp³-hybridized carbons (Fsp3) is 0.304. The number of fused-ring (bicyclic) bond motifs is 2. The smallest absolute Gasteiger partial charge is 0.240 e. The maximum absolute atomic E-state index is 12.4. The molecule has 2 aromatic heterocycles. The Hall–Kier alpha value is -6.34. The van der Waals surface area contributed by atoms with Gasteiger partial charge in [0.05, 0.1) is 9.79 Å². The van der Waals surface area contributed by atoms with Crippen LogP contribution in [0.15, 0.2) is 119 Å². The normalized spacial score (nSPS) is 15.9. The number of aromatic hydroxyl groups is 2. The number of phenolic OH excluding ortho intramolecular Hbond substituents is 2. The molecule has 4 aliphatic rings. The van der Waals surface area contributed by atoms with Crippen molar-refractivity contribution in [1.82, 2.24) is 29.4 Å². The monoisotopic (exact) mass is 902 g/mol. The van der Waals surface area contributed by atoms with E-state index < -0.39 is 20.0 Å². The Kier molecular flexibility index (Phi) is 12.3. The summed E-state index contributed by atoms with van der Waals surface area (Å²) in [5, 5.41) is 25.9. The summed E-state index contributed by atoms with van der Waals surface area (Å²) in [6.07, 6.45) is 11.5. The third-order valence-electron chi connectivity index (χ3n) is 11.6. The minimum absolute atomic E-state index is 0.242. The van der Waals surface area contributed by atoms with Gasteiger partial charge in [0.2, 0.25) is 31.9 Å². The van der Waals surface area contributed by atoms with Crippen molar-refractivity contribution in [3.05, 3.63) is 121 Å². The van der Waals surface area contributed by atoms with Gasteiger partial charge in [0.15, 0.2) is 0 Å². The first-order valence-electron chi connectivity index (χ1n) is 21.5. The van der Waals surface area contributed by atoms with Gasteiger partial charge in [-0.15, -0.1) is 0 Å². The molecule has 64 heavy (non-hydrogen) atoms. The van der Waals surface area contributed by atoms with Crippen LogP contribution in [0.5, 0.6) is 11.5 Å². The summed E-state index contributed by atoms with van der Waals surface area (Å²) in [5.74, 6) is 3.87. The second-order valence-corrected chi connectivity index (χ2v) is 20.0. The summed E-state index contributed by atoms with van der Waals surface area (Å²) in [7, 11) is -6.98. The number of aromatic nitrogens is 4. The second-order valence-electron chi connectivity index (χ2n) is 16.5. The highest BCUT2D eigenvalue weighted by Gasteiger charge is 2.26. The van der Waals surface area contributed by atoms with Gasteiger partial charge >= 0.3 is 0 Å². The molecule has 0 saturated heterocycles. The van der Waals surface area contributed by atoms with Gasteiger partial charge in [0.1, 0.15) is 23.1 Å². The number of anilines is 8. The van der Waals surface area contributed by atoms with E-state index in [2.05, 4.69) is 49.8 Å². The summed E-state index contributed by atoms with van der Waals surface area (Å²) >= 11 is 0. The molecule has 0 radical (unpaired) electrons. The maximum Gasteiger partial charge on any atom is 0.240 e. The molecule has 0 atom stereocenters. The van der Waals surface area contributed by atoms with Crippen molar-refractivity contribution in [1.29, 1.82) is 0 Å². The van der Waals surface area contributed by atoms with Crippen LogP contribution in [0.3, 0.4) is 0 Å². The second kappa shape index (κ2) is 18.4. The van der Waals surface area contributed by atoms with Crippen LogP contribution in [-0.2, 0) is 32.9 Å². The maximum atomic E-state index is 12.4. The molecule has 2 aliphatic heterocycles. The first-order chi connectivity index (χ1) is 31.0. The van der Waals surface area contributed by atoms with E-state index in [9.17, 15) is 27.0 Å². The van der Waals surface area contributed by atoms with Crippen LogP contribution in [0.2, 0.25) is 0 Å². The van der Waals surface area contributed by atoms with E-state index in [0.717, 1.165) is 98.6 Å². The van der Waals surface area contributed by atoms with Gasteiger partial charge in [-0.1, -0.05) is 0 Å². The molecule has 18 heteroatoms. The van der Waals surface area contributed by atoms with Gasteiger partial charge in [-0.25, -0.2) is 36.2 Å². The number of nitrogens with zero attached hydrogens (tertiary/aromatic N) is 6. The van der Waals surface area contributed by atoms with Crippen molar-refractivity contribution >= 4 is 66.3 Å². The van der Waals surface area contributed by atoms with E-state index in [0.29, 0.717) is 48.2 Å². The number of hydrogen-bond donors (Lipinski definition) is 6. The summed E-state index contributed by atoms with van der Waals surface area (Å²) in [5.41, 5.74) is 5.66. The first-order valence-corrected chi connectivity index (χ1v) is 24.5. The van der Waals surface area contributed by atoms with Crippen molar-refractivity contribution < 1.29 is 27.0 Å². The van der Waals surface area contributed by atoms with Crippen LogP contribution in [0.1, 0.15) is 49.7 Å². The van der Waals surface area contributed by atoms with Crippen molar-refractivity contribution in [2.75, 3.05) is 46.6 Å². The van der Waals surface area contributed by atoms with Crippen LogP contribution >= 0.6 is 0 Å². The molecule has 2 saturated carbocycles. The standard InChI is InChI=1S/2C23H25N5O3S/c2*29-19-7-10-21-17(14-19)2-1-13-28(21)22-11-12-24-23(27-22)26-18-5-8-20(9-6-18)32(30,31)25-15-16-3-4-16/h2*5-12,14,16,25,29H,1-4,13,15H2,(H,24,26,27). The van der Waals surface area contributed by atoms with Gasteiger partial charge in [-0.3, -0.25) is 0 Å². The number of aryl methyl sites for hydroxylation is 2. The Balaban J connectivity index is 0.000000162. The molecule has 10 rings (SSSR count). The average Bonchev–Trinajstić information content (AvgIpc) is 4.25. The highest BCUT2D eigenvalue weighted by molar-refractivity contribution is 7.89. The Morgan fingerprint density at radius 1 is 0.547 bits per heavy atom. The molecular formula is C46H50N10O6S2. The van der Waals surface area contributed by atoms with Gasteiger partial charge in [-0.2, -0.15) is 9.97 Å². The summed E-state index contributed by atoms with van der Waals surface area (Å²) in [4.78, 5) is 22.6. The van der Waals surface area contributed by atoms with Crippen molar-refractivity contribution in [2.24, 2.45) is 11.8 Å². The molecule has 6 aromatic rings. The highest BCUT2D eigenvalue weighted by Crippen LogP contribution is 2.37. The van der Waals surface area contributed by atoms with Crippen LogP contribution in [0.25, 0.3) is 0 Å². The third kappa shape index (κ3) is 10.5. The number of benzene rings is 4. The van der Waals surface area contributed by atoms with Crippen molar-refractivity contribution in [2.45, 2.75) is 61.2 Å². The average molecular weight is 903 g/mol. The summed E-state index contributed by atoms with van der Waals surface area (Å²) in [6, 6.07) is 27.7. The van der Waals surface area contributed by atoms with E-state index in [-0.39, 0.29) is 21.3 Å². The molecule has 0 bridgehead atoms. The predicted octanol–water partition coefficient (Wildman–Crippen LogP) is 7.40. The lowest BCUT2D eigenvalue weighted by Gasteiger charge is -2.30. The van der Waals surface area contributed by atoms with Crippen LogP contribution in [0.4, 0.5) is 46.3 Å². The van der Waals surface area contributed by atoms with Crippen molar-refractivity contribution in [3.63, 3.8) is 0 Å².